The zero-order chi connectivity index (χ0) is 26.3. The van der Waals surface area contributed by atoms with Crippen molar-refractivity contribution in [2.75, 3.05) is 6.61 Å². The van der Waals surface area contributed by atoms with Crippen LogP contribution in [0.25, 0.3) is 0 Å². The van der Waals surface area contributed by atoms with Gasteiger partial charge in [0.2, 0.25) is 11.8 Å². The number of carbonyl (C=O) groups is 3. The van der Waals surface area contributed by atoms with Crippen molar-refractivity contribution in [3.8, 4) is 0 Å². The van der Waals surface area contributed by atoms with E-state index in [0.717, 1.165) is 37.7 Å². The Bertz CT molecular complexity index is 960. The first-order valence-corrected chi connectivity index (χ1v) is 13.5. The molecule has 2 aromatic carbocycles. The van der Waals surface area contributed by atoms with Crippen molar-refractivity contribution in [2.24, 2.45) is 11.8 Å². The second-order valence-corrected chi connectivity index (χ2v) is 10.0. The quantitative estimate of drug-likeness (QED) is 0.132. The Balaban J connectivity index is 1.57. The van der Waals surface area contributed by atoms with Crippen molar-refractivity contribution in [2.45, 2.75) is 76.9 Å². The molecule has 0 bridgehead atoms. The van der Waals surface area contributed by atoms with Crippen molar-refractivity contribution in [3.63, 3.8) is 0 Å². The molecule has 7 nitrogen and oxygen atoms in total. The number of rotatable bonds is 15. The summed E-state index contributed by atoms with van der Waals surface area (Å²) in [7, 11) is 0. The van der Waals surface area contributed by atoms with E-state index in [1.165, 1.54) is 6.42 Å². The lowest BCUT2D eigenvalue weighted by molar-refractivity contribution is -0.135. The van der Waals surface area contributed by atoms with Gasteiger partial charge < -0.3 is 10.1 Å². The van der Waals surface area contributed by atoms with Gasteiger partial charge in [0.15, 0.2) is 5.78 Å². The van der Waals surface area contributed by atoms with Crippen LogP contribution in [0.15, 0.2) is 60.7 Å². The minimum Gasteiger partial charge on any atom is -0.377 e. The van der Waals surface area contributed by atoms with Crippen molar-refractivity contribution >= 4 is 17.6 Å². The lowest BCUT2D eigenvalue weighted by Crippen LogP contribution is -2.45. The molecule has 3 N–H and O–H groups in total. The molecule has 0 saturated heterocycles. The number of amides is 2. The molecular weight excluding hydrogens is 468 g/mol. The summed E-state index contributed by atoms with van der Waals surface area (Å²) in [6.07, 6.45) is 8.00. The molecule has 2 atom stereocenters. The van der Waals surface area contributed by atoms with Gasteiger partial charge in [-0.15, -0.1) is 0 Å². The van der Waals surface area contributed by atoms with Crippen LogP contribution in [0.4, 0.5) is 0 Å². The van der Waals surface area contributed by atoms with Crippen LogP contribution < -0.4 is 10.8 Å². The number of Topliss-reactive ketones (excluding diaryl/α,β-unsaturated/α-hetero) is 1. The van der Waals surface area contributed by atoms with Gasteiger partial charge in [-0.2, -0.15) is 0 Å². The summed E-state index contributed by atoms with van der Waals surface area (Å²) in [6, 6.07) is 18.3. The fourth-order valence-electron chi connectivity index (χ4n) is 5.04. The molecule has 1 aliphatic carbocycles. The average Bonchev–Trinajstić information content (AvgIpc) is 2.94. The minimum atomic E-state index is -0.640. The highest BCUT2D eigenvalue weighted by atomic mass is 16.5. The van der Waals surface area contributed by atoms with E-state index in [1.54, 1.807) is 17.6 Å². The van der Waals surface area contributed by atoms with Gasteiger partial charge in [0.1, 0.15) is 0 Å². The highest BCUT2D eigenvalue weighted by Gasteiger charge is 2.30. The molecule has 0 heterocycles. The average molecular weight is 509 g/mol. The highest BCUT2D eigenvalue weighted by molar-refractivity contribution is 6.02. The maximum absolute atomic E-state index is 13.4. The van der Waals surface area contributed by atoms with E-state index in [0.29, 0.717) is 44.0 Å². The summed E-state index contributed by atoms with van der Waals surface area (Å²) in [5, 5.41) is 12.0. The Kier molecular flexibility index (Phi) is 12.3. The first-order valence-electron chi connectivity index (χ1n) is 13.5. The summed E-state index contributed by atoms with van der Waals surface area (Å²) in [5.74, 6) is -1.27. The van der Waals surface area contributed by atoms with Gasteiger partial charge in [0, 0.05) is 24.5 Å². The van der Waals surface area contributed by atoms with E-state index in [4.69, 9.17) is 9.94 Å². The zero-order valence-corrected chi connectivity index (χ0v) is 21.6. The van der Waals surface area contributed by atoms with Crippen LogP contribution in [0.2, 0.25) is 0 Å². The van der Waals surface area contributed by atoms with Crippen molar-refractivity contribution in [3.05, 3.63) is 71.8 Å². The Labute approximate surface area is 219 Å². The molecular formula is C30H40N2O5. The normalized spacial score (nSPS) is 15.5. The topological polar surface area (TPSA) is 105 Å². The highest BCUT2D eigenvalue weighted by Crippen LogP contribution is 2.28. The van der Waals surface area contributed by atoms with Gasteiger partial charge in [-0.1, -0.05) is 99.2 Å². The molecule has 2 aromatic rings. The van der Waals surface area contributed by atoms with Gasteiger partial charge in [-0.05, 0) is 30.7 Å². The molecule has 2 amide bonds. The molecule has 0 aromatic heterocycles. The summed E-state index contributed by atoms with van der Waals surface area (Å²) in [5.41, 5.74) is 3.31. The van der Waals surface area contributed by atoms with E-state index in [-0.39, 0.29) is 18.1 Å². The standard InChI is InChI=1S/C30H40N2O5/c33-28(32-36)21-26(18-10-11-19-37-22-24-14-6-2-7-15-24)30(35)31-27(20-23-12-4-1-5-13-23)29(34)25-16-8-3-9-17-25/h2-3,6-9,14-17,23,26-27,36H,1,4-5,10-13,18-22H2,(H,31,35)(H,32,33)/t26?,27-/m0/s1. The number of unbranched alkanes of at least 4 members (excludes halogenated alkanes) is 1. The van der Waals surface area contributed by atoms with Crippen molar-refractivity contribution < 1.29 is 24.3 Å². The van der Waals surface area contributed by atoms with E-state index < -0.39 is 17.9 Å². The van der Waals surface area contributed by atoms with Gasteiger partial charge in [0.25, 0.3) is 0 Å². The number of ketones is 1. The van der Waals surface area contributed by atoms with Crippen LogP contribution in [0, 0.1) is 11.8 Å². The monoisotopic (exact) mass is 508 g/mol. The van der Waals surface area contributed by atoms with Gasteiger partial charge in [-0.3, -0.25) is 19.6 Å². The van der Waals surface area contributed by atoms with Crippen molar-refractivity contribution in [1.82, 2.24) is 10.8 Å². The number of ether oxygens (including phenoxy) is 1. The lowest BCUT2D eigenvalue weighted by atomic mass is 9.83. The van der Waals surface area contributed by atoms with E-state index in [2.05, 4.69) is 5.32 Å². The number of carbonyl (C=O) groups excluding carboxylic acids is 3. The van der Waals surface area contributed by atoms with Crippen LogP contribution in [0.5, 0.6) is 0 Å². The molecule has 7 heteroatoms. The second-order valence-electron chi connectivity index (χ2n) is 10.0. The number of hydrogen-bond donors (Lipinski definition) is 3. The predicted molar refractivity (Wildman–Crippen MR) is 142 cm³/mol. The van der Waals surface area contributed by atoms with Crippen LogP contribution in [-0.4, -0.2) is 35.5 Å². The Morgan fingerprint density at radius 2 is 1.59 bits per heavy atom. The molecule has 37 heavy (non-hydrogen) atoms. The van der Waals surface area contributed by atoms with Crippen LogP contribution >= 0.6 is 0 Å². The summed E-state index contributed by atoms with van der Waals surface area (Å²) < 4.78 is 5.73. The number of hydroxylamine groups is 1. The molecule has 0 radical (unpaired) electrons. The third kappa shape index (κ3) is 10.1. The second kappa shape index (κ2) is 15.9. The smallest absolute Gasteiger partial charge is 0.244 e. The minimum absolute atomic E-state index is 0.0980. The number of hydrogen-bond acceptors (Lipinski definition) is 5. The summed E-state index contributed by atoms with van der Waals surface area (Å²) in [4.78, 5) is 38.6. The third-order valence-corrected chi connectivity index (χ3v) is 7.12. The molecule has 1 unspecified atom stereocenters. The van der Waals surface area contributed by atoms with E-state index in [9.17, 15) is 14.4 Å². The van der Waals surface area contributed by atoms with E-state index in [1.807, 2.05) is 48.5 Å². The third-order valence-electron chi connectivity index (χ3n) is 7.12. The van der Waals surface area contributed by atoms with E-state index >= 15 is 0 Å². The predicted octanol–water partition coefficient (Wildman–Crippen LogP) is 5.22. The molecule has 1 fully saturated rings. The summed E-state index contributed by atoms with van der Waals surface area (Å²) >= 11 is 0. The molecule has 200 valence electrons. The molecule has 1 aliphatic rings. The lowest BCUT2D eigenvalue weighted by Gasteiger charge is -2.28. The molecule has 1 saturated carbocycles. The molecule has 3 rings (SSSR count). The fourth-order valence-corrected chi connectivity index (χ4v) is 5.04. The Hall–Kier alpha value is -3.03. The van der Waals surface area contributed by atoms with Gasteiger partial charge in [0.05, 0.1) is 12.6 Å². The number of benzene rings is 2. The van der Waals surface area contributed by atoms with Crippen LogP contribution in [-0.2, 0) is 20.9 Å². The Morgan fingerprint density at radius 1 is 0.919 bits per heavy atom. The number of nitrogens with one attached hydrogen (secondary N) is 2. The maximum Gasteiger partial charge on any atom is 0.244 e. The largest absolute Gasteiger partial charge is 0.377 e. The molecule has 0 spiro atoms. The SMILES string of the molecule is O=C(CC(CCCCOCc1ccccc1)C(=O)N[C@@H](CC1CCCCC1)C(=O)c1ccccc1)NO. The van der Waals surface area contributed by atoms with Crippen molar-refractivity contribution in [1.29, 1.82) is 0 Å². The van der Waals surface area contributed by atoms with Crippen LogP contribution in [0.1, 0.15) is 80.1 Å². The Morgan fingerprint density at radius 3 is 2.27 bits per heavy atom. The maximum atomic E-state index is 13.4. The zero-order valence-electron chi connectivity index (χ0n) is 21.6. The first kappa shape index (κ1) is 28.5. The van der Waals surface area contributed by atoms with Crippen LogP contribution in [0.3, 0.4) is 0 Å². The molecule has 0 aliphatic heterocycles. The first-order chi connectivity index (χ1) is 18.1. The van der Waals surface area contributed by atoms with Gasteiger partial charge >= 0.3 is 0 Å². The van der Waals surface area contributed by atoms with Gasteiger partial charge in [-0.25, -0.2) is 5.48 Å². The fraction of sp³-hybridized carbons (Fsp3) is 0.500. The summed E-state index contributed by atoms with van der Waals surface area (Å²) in [6.45, 7) is 1.08.